The lowest BCUT2D eigenvalue weighted by molar-refractivity contribution is 0.0733. The first-order valence-electron chi connectivity index (χ1n) is 12.2. The van der Waals surface area contributed by atoms with Crippen LogP contribution in [0.15, 0.2) is 35.2 Å². The average Bonchev–Trinajstić information content (AvgIpc) is 2.84. The Labute approximate surface area is 202 Å². The van der Waals surface area contributed by atoms with E-state index in [0.29, 0.717) is 57.1 Å². The van der Waals surface area contributed by atoms with Crippen LogP contribution in [0.5, 0.6) is 11.5 Å². The lowest BCUT2D eigenvalue weighted by Crippen LogP contribution is -2.37. The zero-order valence-corrected chi connectivity index (χ0v) is 21.1. The number of nitrogens with zero attached hydrogens (tertiary/aromatic N) is 2. The highest BCUT2D eigenvalue weighted by molar-refractivity contribution is 7.89. The Morgan fingerprint density at radius 1 is 0.912 bits per heavy atom. The van der Waals surface area contributed by atoms with Gasteiger partial charge in [-0.05, 0) is 81.0 Å². The molecule has 0 aromatic heterocycles. The topological polar surface area (TPSA) is 76.1 Å². The summed E-state index contributed by atoms with van der Waals surface area (Å²) in [7, 11) is -3.60. The highest BCUT2D eigenvalue weighted by atomic mass is 32.2. The molecule has 1 fully saturated rings. The molecule has 0 spiro atoms. The number of aryl methyl sites for hydroxylation is 1. The predicted octanol–water partition coefficient (Wildman–Crippen LogP) is 4.17. The minimum absolute atomic E-state index is 0.148. The largest absolute Gasteiger partial charge is 0.490 e. The predicted molar refractivity (Wildman–Crippen MR) is 131 cm³/mol. The van der Waals surface area contributed by atoms with Crippen LogP contribution >= 0.6 is 0 Å². The van der Waals surface area contributed by atoms with Crippen molar-refractivity contribution in [2.45, 2.75) is 57.9 Å². The highest BCUT2D eigenvalue weighted by Crippen LogP contribution is 2.34. The summed E-state index contributed by atoms with van der Waals surface area (Å²) in [5.74, 6) is 1.27. The Morgan fingerprint density at radius 3 is 2.21 bits per heavy atom. The molecule has 2 aromatic rings. The van der Waals surface area contributed by atoms with Gasteiger partial charge in [-0.25, -0.2) is 8.42 Å². The molecule has 0 bridgehead atoms. The van der Waals surface area contributed by atoms with Crippen LogP contribution in [0.1, 0.15) is 60.2 Å². The van der Waals surface area contributed by atoms with Gasteiger partial charge in [0.2, 0.25) is 10.0 Å². The van der Waals surface area contributed by atoms with Gasteiger partial charge in [0.15, 0.2) is 11.5 Å². The summed E-state index contributed by atoms with van der Waals surface area (Å²) in [4.78, 5) is 15.5. The van der Waals surface area contributed by atoms with Crippen LogP contribution < -0.4 is 9.47 Å². The van der Waals surface area contributed by atoms with Crippen LogP contribution in [0.25, 0.3) is 0 Å². The molecule has 184 valence electrons. The number of ether oxygens (including phenoxy) is 2. The quantitative estimate of drug-likeness (QED) is 0.587. The lowest BCUT2D eigenvalue weighted by Gasteiger charge is -2.30. The summed E-state index contributed by atoms with van der Waals surface area (Å²) in [6.07, 6.45) is 3.51. The first-order chi connectivity index (χ1) is 16.3. The molecule has 0 unspecified atom stereocenters. The second kappa shape index (κ2) is 10.4. The van der Waals surface area contributed by atoms with E-state index in [1.54, 1.807) is 23.1 Å². The molecule has 34 heavy (non-hydrogen) atoms. The van der Waals surface area contributed by atoms with Gasteiger partial charge in [-0.15, -0.1) is 0 Å². The fourth-order valence-electron chi connectivity index (χ4n) is 4.69. The maximum atomic E-state index is 13.5. The Kier molecular flexibility index (Phi) is 7.48. The molecule has 0 N–H and O–H groups in total. The zero-order chi connectivity index (χ0) is 24.3. The van der Waals surface area contributed by atoms with Crippen molar-refractivity contribution < 1.29 is 22.7 Å². The number of hydrogen-bond acceptors (Lipinski definition) is 5. The molecular formula is C26H34N2O5S. The molecular weight excluding hydrogens is 452 g/mol. The number of carbonyl (C=O) groups excluding carboxylic acids is 1. The third-order valence-corrected chi connectivity index (χ3v) is 8.45. The Balaban J connectivity index is 1.59. The number of carbonyl (C=O) groups is 1. The van der Waals surface area contributed by atoms with Crippen LogP contribution in [0, 0.1) is 6.92 Å². The number of sulfonamides is 1. The Bertz CT molecular complexity index is 1160. The first-order valence-corrected chi connectivity index (χ1v) is 13.6. The molecule has 1 saturated heterocycles. The second-order valence-corrected chi connectivity index (χ2v) is 10.8. The van der Waals surface area contributed by atoms with Gasteiger partial charge >= 0.3 is 0 Å². The molecule has 0 atom stereocenters. The lowest BCUT2D eigenvalue weighted by atomic mass is 9.97. The first kappa shape index (κ1) is 24.5. The number of benzene rings is 2. The number of fused-ring (bicyclic) bond motifs is 1. The Hall–Kier alpha value is -2.58. The minimum Gasteiger partial charge on any atom is -0.490 e. The van der Waals surface area contributed by atoms with Gasteiger partial charge in [-0.1, -0.05) is 12.5 Å². The molecule has 2 aromatic carbocycles. The fourth-order valence-corrected chi connectivity index (χ4v) is 6.23. The van der Waals surface area contributed by atoms with Crippen LogP contribution in [0.4, 0.5) is 0 Å². The van der Waals surface area contributed by atoms with Gasteiger partial charge in [0.1, 0.15) is 0 Å². The van der Waals surface area contributed by atoms with Crippen LogP contribution in [0.3, 0.4) is 0 Å². The summed E-state index contributed by atoms with van der Waals surface area (Å²) in [6.45, 7) is 8.89. The fraction of sp³-hybridized carbons (Fsp3) is 0.500. The monoisotopic (exact) mass is 486 g/mol. The molecule has 2 aliphatic heterocycles. The van der Waals surface area contributed by atoms with Crippen molar-refractivity contribution in [3.05, 3.63) is 52.6 Å². The zero-order valence-electron chi connectivity index (χ0n) is 20.3. The van der Waals surface area contributed by atoms with Gasteiger partial charge in [0.05, 0.1) is 18.1 Å². The SMILES string of the molecule is CCOc1cc2c(cc1OCC)CN(C(=O)c1cc(S(=O)(=O)N3CCCCC3)ccc1C)CC2. The molecule has 2 heterocycles. The molecule has 0 saturated carbocycles. The molecule has 7 nitrogen and oxygen atoms in total. The van der Waals surface area contributed by atoms with E-state index in [1.807, 2.05) is 32.9 Å². The van der Waals surface area contributed by atoms with E-state index in [1.165, 1.54) is 4.31 Å². The van der Waals surface area contributed by atoms with E-state index in [4.69, 9.17) is 9.47 Å². The van der Waals surface area contributed by atoms with E-state index < -0.39 is 10.0 Å². The molecule has 8 heteroatoms. The highest BCUT2D eigenvalue weighted by Gasteiger charge is 2.29. The average molecular weight is 487 g/mol. The van der Waals surface area contributed by atoms with Crippen LogP contribution in [-0.4, -0.2) is 56.4 Å². The van der Waals surface area contributed by atoms with E-state index in [0.717, 1.165) is 41.7 Å². The Morgan fingerprint density at radius 2 is 1.56 bits per heavy atom. The molecule has 1 amide bonds. The summed E-state index contributed by atoms with van der Waals surface area (Å²) < 4.78 is 39.4. The van der Waals surface area contributed by atoms with Crippen molar-refractivity contribution in [3.63, 3.8) is 0 Å². The van der Waals surface area contributed by atoms with Crippen molar-refractivity contribution >= 4 is 15.9 Å². The van der Waals surface area contributed by atoms with Crippen molar-refractivity contribution in [2.24, 2.45) is 0 Å². The smallest absolute Gasteiger partial charge is 0.254 e. The van der Waals surface area contributed by atoms with Gasteiger partial charge in [0, 0.05) is 31.7 Å². The number of hydrogen-bond donors (Lipinski definition) is 0. The van der Waals surface area contributed by atoms with Crippen molar-refractivity contribution in [1.29, 1.82) is 0 Å². The van der Waals surface area contributed by atoms with Crippen molar-refractivity contribution in [3.8, 4) is 11.5 Å². The van der Waals surface area contributed by atoms with Gasteiger partial charge in [0.25, 0.3) is 5.91 Å². The standard InChI is InChI=1S/C26H34N2O5S/c1-4-32-24-15-20-11-14-27(18-21(20)16-25(24)33-5-2)26(29)23-17-22(10-9-19(23)3)34(30,31)28-12-7-6-8-13-28/h9-10,15-17H,4-8,11-14,18H2,1-3H3. The summed E-state index contributed by atoms with van der Waals surface area (Å²) in [6, 6.07) is 8.89. The third kappa shape index (κ3) is 4.93. The van der Waals surface area contributed by atoms with Crippen molar-refractivity contribution in [1.82, 2.24) is 9.21 Å². The second-order valence-electron chi connectivity index (χ2n) is 8.85. The van der Waals surface area contributed by atoms with E-state index in [2.05, 4.69) is 0 Å². The normalized spacial score (nSPS) is 16.7. The van der Waals surface area contributed by atoms with Crippen LogP contribution in [0.2, 0.25) is 0 Å². The number of rotatable bonds is 7. The maximum Gasteiger partial charge on any atom is 0.254 e. The summed E-state index contributed by atoms with van der Waals surface area (Å²) >= 11 is 0. The van der Waals surface area contributed by atoms with E-state index in [-0.39, 0.29) is 10.8 Å². The summed E-state index contributed by atoms with van der Waals surface area (Å²) in [5, 5.41) is 0. The van der Waals surface area contributed by atoms with Gasteiger partial charge in [-0.2, -0.15) is 4.31 Å². The van der Waals surface area contributed by atoms with Crippen LogP contribution in [-0.2, 0) is 23.0 Å². The molecule has 2 aliphatic rings. The van der Waals surface area contributed by atoms with E-state index >= 15 is 0 Å². The molecule has 0 aliphatic carbocycles. The third-order valence-electron chi connectivity index (χ3n) is 6.56. The summed E-state index contributed by atoms with van der Waals surface area (Å²) in [5.41, 5.74) is 3.39. The minimum atomic E-state index is -3.60. The van der Waals surface area contributed by atoms with Gasteiger partial charge in [-0.3, -0.25) is 4.79 Å². The van der Waals surface area contributed by atoms with E-state index in [9.17, 15) is 13.2 Å². The molecule has 4 rings (SSSR count). The molecule has 0 radical (unpaired) electrons. The van der Waals surface area contributed by atoms with Crippen molar-refractivity contribution in [2.75, 3.05) is 32.8 Å². The van der Waals surface area contributed by atoms with Gasteiger partial charge < -0.3 is 14.4 Å². The number of piperidine rings is 1. The maximum absolute atomic E-state index is 13.5. The number of amides is 1.